The molecule has 0 N–H and O–H groups in total. The monoisotopic (exact) mass is 154 g/mol. The second kappa shape index (κ2) is 5.10. The summed E-state index contributed by atoms with van der Waals surface area (Å²) in [7, 11) is 1.39. The van der Waals surface area contributed by atoms with Gasteiger partial charge in [-0.25, -0.2) is 4.79 Å². The van der Waals surface area contributed by atoms with Crippen LogP contribution in [-0.2, 0) is 14.3 Å². The molecule has 0 rings (SSSR count). The van der Waals surface area contributed by atoms with E-state index in [9.17, 15) is 13.6 Å². The molecular formula is C5H8F2O3. The minimum atomic E-state index is -3.04. The Hall–Kier alpha value is -0.710. The van der Waals surface area contributed by atoms with Crippen molar-refractivity contribution >= 4 is 5.97 Å². The zero-order chi connectivity index (χ0) is 7.98. The largest absolute Gasteiger partial charge is 0.459 e. The van der Waals surface area contributed by atoms with Crippen molar-refractivity contribution < 1.29 is 23.0 Å². The van der Waals surface area contributed by atoms with Gasteiger partial charge < -0.3 is 9.47 Å². The van der Waals surface area contributed by atoms with Gasteiger partial charge in [-0.05, 0) is 0 Å². The number of rotatable bonds is 4. The number of carbonyl (C=O) groups is 1. The molecule has 0 spiro atoms. The smallest absolute Gasteiger partial charge is 0.373 e. The summed E-state index contributed by atoms with van der Waals surface area (Å²) in [5.41, 5.74) is 0. The van der Waals surface area contributed by atoms with Crippen molar-refractivity contribution in [2.75, 3.05) is 20.3 Å². The maximum absolute atomic E-state index is 11.3. The average Bonchev–Trinajstić information content (AvgIpc) is 1.88. The van der Waals surface area contributed by atoms with E-state index in [2.05, 4.69) is 9.47 Å². The van der Waals surface area contributed by atoms with Crippen molar-refractivity contribution in [1.82, 2.24) is 0 Å². The fourth-order valence-electron chi connectivity index (χ4n) is 0.289. The van der Waals surface area contributed by atoms with Gasteiger partial charge in [0.25, 0.3) is 0 Å². The molecule has 0 bridgehead atoms. The standard InChI is InChI=1S/C5H8F2O3/c1-9-2-3-10-5(8)4(6)7/h4H,2-3H2,1H3. The van der Waals surface area contributed by atoms with Crippen molar-refractivity contribution in [3.8, 4) is 0 Å². The number of hydrogen-bond donors (Lipinski definition) is 0. The topological polar surface area (TPSA) is 35.5 Å². The summed E-state index contributed by atoms with van der Waals surface area (Å²) in [6.07, 6.45) is -3.04. The van der Waals surface area contributed by atoms with Gasteiger partial charge in [-0.2, -0.15) is 8.78 Å². The molecule has 0 radical (unpaired) electrons. The predicted molar refractivity (Wildman–Crippen MR) is 28.8 cm³/mol. The lowest BCUT2D eigenvalue weighted by Gasteiger charge is -2.01. The van der Waals surface area contributed by atoms with E-state index in [0.29, 0.717) is 0 Å². The molecule has 0 aliphatic heterocycles. The molecule has 5 heteroatoms. The van der Waals surface area contributed by atoms with E-state index in [1.807, 2.05) is 0 Å². The van der Waals surface area contributed by atoms with Gasteiger partial charge in [-0.15, -0.1) is 0 Å². The Labute approximate surface area is 56.9 Å². The Balaban J connectivity index is 3.22. The van der Waals surface area contributed by atoms with Crippen LogP contribution in [0.2, 0.25) is 0 Å². The van der Waals surface area contributed by atoms with E-state index in [0.717, 1.165) is 0 Å². The van der Waals surface area contributed by atoms with Gasteiger partial charge in [0, 0.05) is 7.11 Å². The normalized spacial score (nSPS) is 10.0. The molecule has 0 aromatic carbocycles. The molecule has 0 amide bonds. The quantitative estimate of drug-likeness (QED) is 0.435. The van der Waals surface area contributed by atoms with Gasteiger partial charge in [-0.1, -0.05) is 0 Å². The van der Waals surface area contributed by atoms with Crippen LogP contribution < -0.4 is 0 Å². The van der Waals surface area contributed by atoms with Crippen LogP contribution in [0.5, 0.6) is 0 Å². The Morgan fingerprint density at radius 1 is 1.50 bits per heavy atom. The maximum Gasteiger partial charge on any atom is 0.373 e. The number of ether oxygens (including phenoxy) is 2. The number of halogens is 2. The van der Waals surface area contributed by atoms with Crippen LogP contribution in [0.15, 0.2) is 0 Å². The number of alkyl halides is 2. The Kier molecular flexibility index (Phi) is 4.74. The molecule has 0 fully saturated rings. The van der Waals surface area contributed by atoms with Crippen molar-refractivity contribution in [3.05, 3.63) is 0 Å². The minimum Gasteiger partial charge on any atom is -0.459 e. The molecule has 0 aromatic rings. The molecule has 60 valence electrons. The lowest BCUT2D eigenvalue weighted by atomic mass is 10.7. The van der Waals surface area contributed by atoms with Crippen LogP contribution in [0.4, 0.5) is 8.78 Å². The fraction of sp³-hybridized carbons (Fsp3) is 0.800. The molecule has 0 aromatic heterocycles. The summed E-state index contributed by atoms with van der Waals surface area (Å²) in [5, 5.41) is 0. The SMILES string of the molecule is COCCOC(=O)C(F)F. The fourth-order valence-corrected chi connectivity index (χ4v) is 0.289. The third-order valence-electron chi connectivity index (χ3n) is 0.710. The molecule has 3 nitrogen and oxygen atoms in total. The van der Waals surface area contributed by atoms with Crippen molar-refractivity contribution in [2.24, 2.45) is 0 Å². The maximum atomic E-state index is 11.3. The van der Waals surface area contributed by atoms with Crippen molar-refractivity contribution in [2.45, 2.75) is 6.43 Å². The van der Waals surface area contributed by atoms with E-state index < -0.39 is 12.4 Å². The van der Waals surface area contributed by atoms with Gasteiger partial charge in [-0.3, -0.25) is 0 Å². The van der Waals surface area contributed by atoms with E-state index in [1.165, 1.54) is 7.11 Å². The Morgan fingerprint density at radius 2 is 2.10 bits per heavy atom. The first-order chi connectivity index (χ1) is 4.68. The van der Waals surface area contributed by atoms with Crippen molar-refractivity contribution in [1.29, 1.82) is 0 Å². The summed E-state index contributed by atoms with van der Waals surface area (Å²) in [6.45, 7) is 0.0120. The average molecular weight is 154 g/mol. The molecule has 0 heterocycles. The number of hydrogen-bond acceptors (Lipinski definition) is 3. The van der Waals surface area contributed by atoms with Gasteiger partial charge in [0.15, 0.2) is 0 Å². The summed E-state index contributed by atoms with van der Waals surface area (Å²) in [6, 6.07) is 0. The Bertz CT molecular complexity index is 105. The van der Waals surface area contributed by atoms with Crippen LogP contribution in [0, 0.1) is 0 Å². The first kappa shape index (κ1) is 9.29. The molecule has 10 heavy (non-hydrogen) atoms. The van der Waals surface area contributed by atoms with Gasteiger partial charge in [0.05, 0.1) is 6.61 Å². The first-order valence-electron chi connectivity index (χ1n) is 2.62. The highest BCUT2D eigenvalue weighted by atomic mass is 19.3. The molecular weight excluding hydrogens is 146 g/mol. The predicted octanol–water partition coefficient (Wildman–Crippen LogP) is 0.441. The molecule has 0 unspecified atom stereocenters. The number of carbonyl (C=O) groups excluding carboxylic acids is 1. The highest BCUT2D eigenvalue weighted by molar-refractivity contribution is 5.72. The zero-order valence-electron chi connectivity index (χ0n) is 5.47. The molecule has 0 saturated carbocycles. The van der Waals surface area contributed by atoms with Gasteiger partial charge in [0.2, 0.25) is 0 Å². The summed E-state index contributed by atoms with van der Waals surface area (Å²) in [4.78, 5) is 9.99. The van der Waals surface area contributed by atoms with Crippen LogP contribution in [0.25, 0.3) is 0 Å². The van der Waals surface area contributed by atoms with E-state index in [1.54, 1.807) is 0 Å². The Morgan fingerprint density at radius 3 is 2.50 bits per heavy atom. The van der Waals surface area contributed by atoms with E-state index >= 15 is 0 Å². The molecule has 0 atom stereocenters. The first-order valence-corrected chi connectivity index (χ1v) is 2.62. The lowest BCUT2D eigenvalue weighted by molar-refractivity contribution is -0.157. The van der Waals surface area contributed by atoms with Gasteiger partial charge >= 0.3 is 12.4 Å². The van der Waals surface area contributed by atoms with Crippen LogP contribution in [-0.4, -0.2) is 32.7 Å². The van der Waals surface area contributed by atoms with Crippen LogP contribution in [0.1, 0.15) is 0 Å². The number of esters is 1. The summed E-state index contributed by atoms with van der Waals surface area (Å²) < 4.78 is 31.2. The third-order valence-corrected chi connectivity index (χ3v) is 0.710. The molecule has 0 saturated heterocycles. The summed E-state index contributed by atoms with van der Waals surface area (Å²) in [5.74, 6) is -1.50. The molecule has 0 aliphatic rings. The molecule has 0 aliphatic carbocycles. The lowest BCUT2D eigenvalue weighted by Crippen LogP contribution is -2.16. The minimum absolute atomic E-state index is 0.125. The van der Waals surface area contributed by atoms with Crippen molar-refractivity contribution in [3.63, 3.8) is 0 Å². The third kappa shape index (κ3) is 4.20. The van der Waals surface area contributed by atoms with E-state index in [4.69, 9.17) is 0 Å². The highest BCUT2D eigenvalue weighted by Crippen LogP contribution is 1.94. The summed E-state index contributed by atoms with van der Waals surface area (Å²) >= 11 is 0. The van der Waals surface area contributed by atoms with Crippen LogP contribution in [0.3, 0.4) is 0 Å². The van der Waals surface area contributed by atoms with Gasteiger partial charge in [0.1, 0.15) is 6.61 Å². The zero-order valence-corrected chi connectivity index (χ0v) is 5.47. The highest BCUT2D eigenvalue weighted by Gasteiger charge is 2.15. The number of methoxy groups -OCH3 is 1. The second-order valence-electron chi connectivity index (χ2n) is 1.46. The van der Waals surface area contributed by atoms with Crippen LogP contribution >= 0.6 is 0 Å². The second-order valence-corrected chi connectivity index (χ2v) is 1.46. The van der Waals surface area contributed by atoms with E-state index in [-0.39, 0.29) is 13.2 Å².